The van der Waals surface area contributed by atoms with Gasteiger partial charge in [-0.25, -0.2) is 8.78 Å². The van der Waals surface area contributed by atoms with Gasteiger partial charge < -0.3 is 5.32 Å². The number of carbonyl (C=O) groups is 1. The summed E-state index contributed by atoms with van der Waals surface area (Å²) in [6, 6.07) is -0.602. The Hall–Kier alpha value is -0.710. The molecule has 2 atom stereocenters. The molecule has 2 N–H and O–H groups in total. The number of hydrogen-bond donors (Lipinski definition) is 2. The molecule has 1 heterocycles. The quantitative estimate of drug-likeness (QED) is 0.739. The molecule has 86 valence electrons. The Morgan fingerprint density at radius 3 is 2.67 bits per heavy atom. The molecule has 0 aromatic carbocycles. The van der Waals surface area contributed by atoms with Crippen LogP contribution in [0.25, 0.3) is 0 Å². The second kappa shape index (κ2) is 3.70. The molecular formula is C10H16F2N2O. The van der Waals surface area contributed by atoms with Crippen LogP contribution in [-0.2, 0) is 4.79 Å². The van der Waals surface area contributed by atoms with Crippen LogP contribution in [0.15, 0.2) is 0 Å². The van der Waals surface area contributed by atoms with E-state index in [0.717, 1.165) is 12.8 Å². The molecule has 0 radical (unpaired) electrons. The Bertz CT molecular complexity index is 266. The second-order valence-corrected chi connectivity index (χ2v) is 4.63. The van der Waals surface area contributed by atoms with E-state index >= 15 is 0 Å². The van der Waals surface area contributed by atoms with Crippen molar-refractivity contribution >= 4 is 5.91 Å². The highest BCUT2D eigenvalue weighted by molar-refractivity contribution is 5.82. The molecule has 0 spiro atoms. The van der Waals surface area contributed by atoms with E-state index in [4.69, 9.17) is 0 Å². The summed E-state index contributed by atoms with van der Waals surface area (Å²) in [5.41, 5.74) is 0. The number of rotatable bonds is 3. The van der Waals surface area contributed by atoms with Gasteiger partial charge >= 0.3 is 0 Å². The molecule has 1 amide bonds. The third kappa shape index (κ3) is 2.65. The topological polar surface area (TPSA) is 41.1 Å². The van der Waals surface area contributed by atoms with E-state index in [1.54, 1.807) is 0 Å². The van der Waals surface area contributed by atoms with Gasteiger partial charge in [-0.2, -0.15) is 0 Å². The highest BCUT2D eigenvalue weighted by atomic mass is 19.3. The number of alkyl halides is 2. The summed E-state index contributed by atoms with van der Waals surface area (Å²) in [6.45, 7) is 1.55. The monoisotopic (exact) mass is 218 g/mol. The zero-order valence-corrected chi connectivity index (χ0v) is 8.72. The fourth-order valence-electron chi connectivity index (χ4n) is 1.94. The Balaban J connectivity index is 1.81. The van der Waals surface area contributed by atoms with Crippen LogP contribution in [0.1, 0.15) is 26.2 Å². The first kappa shape index (κ1) is 10.8. The van der Waals surface area contributed by atoms with Gasteiger partial charge in [-0.15, -0.1) is 0 Å². The van der Waals surface area contributed by atoms with Crippen molar-refractivity contribution in [3.8, 4) is 0 Å². The third-order valence-electron chi connectivity index (χ3n) is 3.13. The van der Waals surface area contributed by atoms with Crippen LogP contribution in [0.2, 0.25) is 0 Å². The molecule has 2 unspecified atom stereocenters. The predicted molar refractivity (Wildman–Crippen MR) is 51.7 cm³/mol. The standard InChI is InChI=1S/C10H16F2N2O/c1-6(7-2-3-7)14-9(15)8-4-10(11,12)5-13-8/h6-8,13H,2-5H2,1H3,(H,14,15). The SMILES string of the molecule is CC(NC(=O)C1CC(F)(F)CN1)C1CC1. The minimum atomic E-state index is -2.73. The fourth-order valence-corrected chi connectivity index (χ4v) is 1.94. The minimum absolute atomic E-state index is 0.119. The van der Waals surface area contributed by atoms with Crippen molar-refractivity contribution in [2.45, 2.75) is 44.2 Å². The molecule has 3 nitrogen and oxygen atoms in total. The average molecular weight is 218 g/mol. The molecule has 5 heteroatoms. The zero-order chi connectivity index (χ0) is 11.1. The van der Waals surface area contributed by atoms with Crippen molar-refractivity contribution in [2.75, 3.05) is 6.54 Å². The van der Waals surface area contributed by atoms with Gasteiger partial charge in [0.15, 0.2) is 0 Å². The van der Waals surface area contributed by atoms with Crippen molar-refractivity contribution in [1.82, 2.24) is 10.6 Å². The van der Waals surface area contributed by atoms with Crippen molar-refractivity contribution in [1.29, 1.82) is 0 Å². The summed E-state index contributed by atoms with van der Waals surface area (Å²) >= 11 is 0. The van der Waals surface area contributed by atoms with E-state index in [0.29, 0.717) is 5.92 Å². The van der Waals surface area contributed by atoms with Crippen LogP contribution in [0.4, 0.5) is 8.78 Å². The van der Waals surface area contributed by atoms with Crippen LogP contribution in [-0.4, -0.2) is 30.5 Å². The van der Waals surface area contributed by atoms with Crippen molar-refractivity contribution in [3.63, 3.8) is 0 Å². The number of nitrogens with one attached hydrogen (secondary N) is 2. The molecule has 2 aliphatic rings. The lowest BCUT2D eigenvalue weighted by Gasteiger charge is -2.16. The predicted octanol–water partition coefficient (Wildman–Crippen LogP) is 0.898. The van der Waals surface area contributed by atoms with Gasteiger partial charge in [0.25, 0.3) is 5.92 Å². The molecule has 1 aliphatic heterocycles. The number of halogens is 2. The number of hydrogen-bond acceptors (Lipinski definition) is 2. The largest absolute Gasteiger partial charge is 0.352 e. The molecule has 1 saturated heterocycles. The number of carbonyl (C=O) groups excluding carboxylic acids is 1. The van der Waals surface area contributed by atoms with E-state index in [-0.39, 0.29) is 24.9 Å². The summed E-state index contributed by atoms with van der Waals surface area (Å²) in [5, 5.41) is 5.34. The summed E-state index contributed by atoms with van der Waals surface area (Å²) in [7, 11) is 0. The Morgan fingerprint density at radius 2 is 2.20 bits per heavy atom. The molecule has 2 fully saturated rings. The van der Waals surface area contributed by atoms with Gasteiger partial charge in [0.05, 0.1) is 12.6 Å². The highest BCUT2D eigenvalue weighted by Gasteiger charge is 2.43. The summed E-state index contributed by atoms with van der Waals surface area (Å²) in [4.78, 5) is 11.6. The molecule has 0 bridgehead atoms. The first-order chi connectivity index (χ1) is 6.98. The number of amides is 1. The first-order valence-electron chi connectivity index (χ1n) is 5.39. The van der Waals surface area contributed by atoms with E-state index < -0.39 is 12.0 Å². The minimum Gasteiger partial charge on any atom is -0.352 e. The molecule has 0 aromatic rings. The van der Waals surface area contributed by atoms with Gasteiger partial charge in [0.1, 0.15) is 0 Å². The molecule has 1 saturated carbocycles. The highest BCUT2D eigenvalue weighted by Crippen LogP contribution is 2.32. The van der Waals surface area contributed by atoms with Crippen LogP contribution >= 0.6 is 0 Å². The van der Waals surface area contributed by atoms with Gasteiger partial charge in [0.2, 0.25) is 5.91 Å². The average Bonchev–Trinajstić information content (AvgIpc) is 2.91. The summed E-state index contributed by atoms with van der Waals surface area (Å²) in [5.74, 6) is -2.47. The zero-order valence-electron chi connectivity index (χ0n) is 8.72. The lowest BCUT2D eigenvalue weighted by atomic mass is 10.1. The third-order valence-corrected chi connectivity index (χ3v) is 3.13. The van der Waals surface area contributed by atoms with E-state index in [2.05, 4.69) is 10.6 Å². The molecule has 1 aliphatic carbocycles. The second-order valence-electron chi connectivity index (χ2n) is 4.63. The smallest absolute Gasteiger partial charge is 0.262 e. The molecule has 15 heavy (non-hydrogen) atoms. The van der Waals surface area contributed by atoms with Crippen molar-refractivity contribution in [3.05, 3.63) is 0 Å². The Labute approximate surface area is 87.6 Å². The lowest BCUT2D eigenvalue weighted by molar-refractivity contribution is -0.124. The molecule has 2 rings (SSSR count). The summed E-state index contributed by atoms with van der Waals surface area (Å²) in [6.07, 6.45) is 1.89. The van der Waals surface area contributed by atoms with Crippen LogP contribution in [0.3, 0.4) is 0 Å². The van der Waals surface area contributed by atoms with Gasteiger partial charge in [0, 0.05) is 12.5 Å². The van der Waals surface area contributed by atoms with Gasteiger partial charge in [-0.05, 0) is 25.7 Å². The normalized spacial score (nSPS) is 31.3. The van der Waals surface area contributed by atoms with Crippen LogP contribution < -0.4 is 10.6 Å². The van der Waals surface area contributed by atoms with E-state index in [9.17, 15) is 13.6 Å². The molecular weight excluding hydrogens is 202 g/mol. The van der Waals surface area contributed by atoms with E-state index in [1.165, 1.54) is 0 Å². The fraction of sp³-hybridized carbons (Fsp3) is 0.900. The Kier molecular flexibility index (Phi) is 2.66. The van der Waals surface area contributed by atoms with Crippen molar-refractivity contribution < 1.29 is 13.6 Å². The van der Waals surface area contributed by atoms with Gasteiger partial charge in [-0.3, -0.25) is 10.1 Å². The maximum Gasteiger partial charge on any atom is 0.262 e. The first-order valence-corrected chi connectivity index (χ1v) is 5.39. The summed E-state index contributed by atoms with van der Waals surface area (Å²) < 4.78 is 25.6. The lowest BCUT2D eigenvalue weighted by Crippen LogP contribution is -2.44. The van der Waals surface area contributed by atoms with E-state index in [1.807, 2.05) is 6.92 Å². The van der Waals surface area contributed by atoms with Crippen LogP contribution in [0, 0.1) is 5.92 Å². The molecule has 0 aromatic heterocycles. The van der Waals surface area contributed by atoms with Crippen molar-refractivity contribution in [2.24, 2.45) is 5.92 Å². The van der Waals surface area contributed by atoms with Gasteiger partial charge in [-0.1, -0.05) is 0 Å². The maximum atomic E-state index is 12.8. The maximum absolute atomic E-state index is 12.8. The Morgan fingerprint density at radius 1 is 1.53 bits per heavy atom. The van der Waals surface area contributed by atoms with Crippen LogP contribution in [0.5, 0.6) is 0 Å².